The van der Waals surface area contributed by atoms with E-state index in [0.717, 1.165) is 12.1 Å². The van der Waals surface area contributed by atoms with E-state index in [4.69, 9.17) is 4.74 Å². The summed E-state index contributed by atoms with van der Waals surface area (Å²) in [6, 6.07) is 8.24. The lowest BCUT2D eigenvalue weighted by molar-refractivity contribution is 0.103. The molecule has 0 amide bonds. The fraction of sp³-hybridized carbons (Fsp3) is 0.133. The van der Waals surface area contributed by atoms with Gasteiger partial charge in [-0.3, -0.25) is 4.79 Å². The first-order valence-electron chi connectivity index (χ1n) is 5.67. The molecule has 0 atom stereocenters. The van der Waals surface area contributed by atoms with Crippen molar-refractivity contribution in [2.45, 2.75) is 6.92 Å². The van der Waals surface area contributed by atoms with Gasteiger partial charge in [0.1, 0.15) is 17.4 Å². The van der Waals surface area contributed by atoms with E-state index in [0.29, 0.717) is 5.75 Å². The predicted octanol–water partition coefficient (Wildman–Crippen LogP) is 3.51. The van der Waals surface area contributed by atoms with Crippen LogP contribution < -0.4 is 4.74 Å². The SMILES string of the molecule is COc1cccc(C(=O)c2cc(F)c(C)cc2F)c1. The Morgan fingerprint density at radius 1 is 1.11 bits per heavy atom. The molecule has 98 valence electrons. The molecular weight excluding hydrogens is 250 g/mol. The van der Waals surface area contributed by atoms with Gasteiger partial charge in [0.25, 0.3) is 0 Å². The Balaban J connectivity index is 2.46. The molecule has 2 aromatic carbocycles. The molecule has 0 unspecified atom stereocenters. The molecule has 0 bridgehead atoms. The summed E-state index contributed by atoms with van der Waals surface area (Å²) in [5, 5.41) is 0. The van der Waals surface area contributed by atoms with Crippen molar-refractivity contribution in [3.05, 3.63) is 64.7 Å². The first-order chi connectivity index (χ1) is 9.02. The Labute approximate surface area is 109 Å². The first kappa shape index (κ1) is 13.2. The van der Waals surface area contributed by atoms with Gasteiger partial charge in [0.05, 0.1) is 12.7 Å². The Morgan fingerprint density at radius 2 is 1.84 bits per heavy atom. The molecule has 0 N–H and O–H groups in total. The molecule has 0 saturated heterocycles. The van der Waals surface area contributed by atoms with Gasteiger partial charge in [-0.2, -0.15) is 0 Å². The second-order valence-corrected chi connectivity index (χ2v) is 4.14. The van der Waals surface area contributed by atoms with E-state index in [1.165, 1.54) is 26.2 Å². The monoisotopic (exact) mass is 262 g/mol. The summed E-state index contributed by atoms with van der Waals surface area (Å²) in [5.41, 5.74) is 0.137. The van der Waals surface area contributed by atoms with Gasteiger partial charge in [-0.1, -0.05) is 12.1 Å². The molecule has 0 saturated carbocycles. The van der Waals surface area contributed by atoms with Gasteiger partial charge >= 0.3 is 0 Å². The summed E-state index contributed by atoms with van der Waals surface area (Å²) in [6.07, 6.45) is 0. The summed E-state index contributed by atoms with van der Waals surface area (Å²) in [5.74, 6) is -1.42. The average molecular weight is 262 g/mol. The van der Waals surface area contributed by atoms with Gasteiger partial charge in [0.2, 0.25) is 0 Å². The molecule has 0 aromatic heterocycles. The summed E-state index contributed by atoms with van der Waals surface area (Å²) in [7, 11) is 1.47. The van der Waals surface area contributed by atoms with Crippen LogP contribution in [0.25, 0.3) is 0 Å². The van der Waals surface area contributed by atoms with Gasteiger partial charge < -0.3 is 4.74 Å². The van der Waals surface area contributed by atoms with E-state index >= 15 is 0 Å². The molecule has 0 radical (unpaired) electrons. The zero-order valence-corrected chi connectivity index (χ0v) is 10.5. The maximum Gasteiger partial charge on any atom is 0.196 e. The number of carbonyl (C=O) groups is 1. The molecule has 2 nitrogen and oxygen atoms in total. The first-order valence-corrected chi connectivity index (χ1v) is 5.67. The number of methoxy groups -OCH3 is 1. The van der Waals surface area contributed by atoms with Gasteiger partial charge in [-0.05, 0) is 36.8 Å². The average Bonchev–Trinajstić information content (AvgIpc) is 2.42. The lowest BCUT2D eigenvalue weighted by Crippen LogP contribution is -2.06. The highest BCUT2D eigenvalue weighted by molar-refractivity contribution is 6.09. The Hall–Kier alpha value is -2.23. The Morgan fingerprint density at radius 3 is 2.53 bits per heavy atom. The van der Waals surface area contributed by atoms with Crippen molar-refractivity contribution in [1.29, 1.82) is 0 Å². The van der Waals surface area contributed by atoms with E-state index in [-0.39, 0.29) is 16.7 Å². The van der Waals surface area contributed by atoms with Crippen LogP contribution in [-0.4, -0.2) is 12.9 Å². The summed E-state index contributed by atoms with van der Waals surface area (Å²) >= 11 is 0. The lowest BCUT2D eigenvalue weighted by atomic mass is 10.0. The molecule has 0 fully saturated rings. The quantitative estimate of drug-likeness (QED) is 0.791. The summed E-state index contributed by atoms with van der Waals surface area (Å²) < 4.78 is 32.2. The van der Waals surface area contributed by atoms with Crippen molar-refractivity contribution < 1.29 is 18.3 Å². The third-order valence-electron chi connectivity index (χ3n) is 2.82. The molecule has 2 aromatic rings. The largest absolute Gasteiger partial charge is 0.497 e. The molecule has 0 aliphatic heterocycles. The normalized spacial score (nSPS) is 10.3. The standard InChI is InChI=1S/C15H12F2O2/c1-9-6-14(17)12(8-13(9)16)15(18)10-4-3-5-11(7-10)19-2/h3-8H,1-2H3. The predicted molar refractivity (Wildman–Crippen MR) is 67.5 cm³/mol. The van der Waals surface area contributed by atoms with E-state index in [1.807, 2.05) is 0 Å². The highest BCUT2D eigenvalue weighted by Crippen LogP contribution is 2.20. The number of ether oxygens (including phenoxy) is 1. The van der Waals surface area contributed by atoms with Crippen LogP contribution in [0.15, 0.2) is 36.4 Å². The minimum absolute atomic E-state index is 0.166. The van der Waals surface area contributed by atoms with Crippen LogP contribution in [0.4, 0.5) is 8.78 Å². The minimum Gasteiger partial charge on any atom is -0.497 e. The van der Waals surface area contributed by atoms with E-state index in [1.54, 1.807) is 12.1 Å². The van der Waals surface area contributed by atoms with Crippen molar-refractivity contribution in [1.82, 2.24) is 0 Å². The fourth-order valence-corrected chi connectivity index (χ4v) is 1.74. The number of hydrogen-bond acceptors (Lipinski definition) is 2. The number of halogens is 2. The second kappa shape index (κ2) is 5.18. The van der Waals surface area contributed by atoms with Crippen LogP contribution >= 0.6 is 0 Å². The lowest BCUT2D eigenvalue weighted by Gasteiger charge is -2.06. The molecule has 0 aliphatic carbocycles. The molecular formula is C15H12F2O2. The Bertz CT molecular complexity index is 636. The highest BCUT2D eigenvalue weighted by atomic mass is 19.1. The van der Waals surface area contributed by atoms with Gasteiger partial charge in [0, 0.05) is 5.56 Å². The van der Waals surface area contributed by atoms with Crippen LogP contribution in [0, 0.1) is 18.6 Å². The zero-order valence-electron chi connectivity index (χ0n) is 10.5. The zero-order chi connectivity index (χ0) is 14.0. The number of ketones is 1. The number of carbonyl (C=O) groups excluding carboxylic acids is 1. The number of aryl methyl sites for hydroxylation is 1. The van der Waals surface area contributed by atoms with Crippen LogP contribution in [-0.2, 0) is 0 Å². The molecule has 4 heteroatoms. The van der Waals surface area contributed by atoms with Crippen LogP contribution in [0.1, 0.15) is 21.5 Å². The van der Waals surface area contributed by atoms with Gasteiger partial charge in [0.15, 0.2) is 5.78 Å². The van der Waals surface area contributed by atoms with Crippen molar-refractivity contribution in [2.75, 3.05) is 7.11 Å². The minimum atomic E-state index is -0.730. The summed E-state index contributed by atoms with van der Waals surface area (Å²) in [4.78, 5) is 12.1. The number of rotatable bonds is 3. The maximum atomic E-state index is 13.7. The van der Waals surface area contributed by atoms with E-state index in [9.17, 15) is 13.6 Å². The Kier molecular flexibility index (Phi) is 3.60. The van der Waals surface area contributed by atoms with Gasteiger partial charge in [-0.15, -0.1) is 0 Å². The molecule has 0 aliphatic rings. The molecule has 0 spiro atoms. The molecule has 2 rings (SSSR count). The smallest absolute Gasteiger partial charge is 0.196 e. The van der Waals surface area contributed by atoms with Crippen LogP contribution in [0.3, 0.4) is 0 Å². The highest BCUT2D eigenvalue weighted by Gasteiger charge is 2.16. The summed E-state index contributed by atoms with van der Waals surface area (Å²) in [6.45, 7) is 1.44. The van der Waals surface area contributed by atoms with E-state index in [2.05, 4.69) is 0 Å². The van der Waals surface area contributed by atoms with Crippen molar-refractivity contribution in [2.24, 2.45) is 0 Å². The topological polar surface area (TPSA) is 26.3 Å². The van der Waals surface area contributed by atoms with Gasteiger partial charge in [-0.25, -0.2) is 8.78 Å². The van der Waals surface area contributed by atoms with Crippen molar-refractivity contribution >= 4 is 5.78 Å². The number of benzene rings is 2. The van der Waals surface area contributed by atoms with Crippen LogP contribution in [0.2, 0.25) is 0 Å². The molecule has 19 heavy (non-hydrogen) atoms. The van der Waals surface area contributed by atoms with Crippen molar-refractivity contribution in [3.8, 4) is 5.75 Å². The second-order valence-electron chi connectivity index (χ2n) is 4.14. The third-order valence-corrected chi connectivity index (χ3v) is 2.82. The fourth-order valence-electron chi connectivity index (χ4n) is 1.74. The number of hydrogen-bond donors (Lipinski definition) is 0. The maximum absolute atomic E-state index is 13.7. The van der Waals surface area contributed by atoms with Crippen molar-refractivity contribution in [3.63, 3.8) is 0 Å². The van der Waals surface area contributed by atoms with E-state index < -0.39 is 17.4 Å². The molecule has 0 heterocycles. The van der Waals surface area contributed by atoms with Crippen LogP contribution in [0.5, 0.6) is 5.75 Å². The third kappa shape index (κ3) is 2.62.